The molecule has 128 valence electrons. The molecule has 4 aromatic rings. The maximum atomic E-state index is 12.6. The number of amides is 1. The highest BCUT2D eigenvalue weighted by Gasteiger charge is 2.09. The Labute approximate surface area is 155 Å². The molecule has 1 aromatic heterocycles. The average molecular weight is 358 g/mol. The van der Waals surface area contributed by atoms with E-state index in [9.17, 15) is 4.79 Å². The molecule has 0 saturated heterocycles. The largest absolute Gasteiger partial charge is 0.312 e. The predicted octanol–water partition coefficient (Wildman–Crippen LogP) is 4.80. The number of aryl methyl sites for hydroxylation is 1. The molecule has 0 N–H and O–H groups in total. The van der Waals surface area contributed by atoms with Crippen molar-refractivity contribution in [2.45, 2.75) is 13.5 Å². The van der Waals surface area contributed by atoms with E-state index in [1.54, 1.807) is 11.3 Å². The van der Waals surface area contributed by atoms with Gasteiger partial charge in [-0.3, -0.25) is 4.79 Å². The van der Waals surface area contributed by atoms with E-state index in [-0.39, 0.29) is 5.91 Å². The van der Waals surface area contributed by atoms with Crippen molar-refractivity contribution >= 4 is 27.5 Å². The van der Waals surface area contributed by atoms with Gasteiger partial charge < -0.3 is 4.57 Å². The minimum Gasteiger partial charge on any atom is -0.312 e. The third kappa shape index (κ3) is 3.37. The standard InChI is InChI=1S/C22H18N2OS/c1-16-11-13-18(14-12-16)21(25)23-22-24(15-17-7-3-2-4-8-17)19-9-5-6-10-20(19)26-22/h2-14H,15H2,1H3. The summed E-state index contributed by atoms with van der Waals surface area (Å²) in [6, 6.07) is 25.9. The number of para-hydroxylation sites is 1. The molecule has 4 rings (SSSR count). The molecule has 0 spiro atoms. The van der Waals surface area contributed by atoms with Crippen LogP contribution in [0.3, 0.4) is 0 Å². The second-order valence-electron chi connectivity index (χ2n) is 6.21. The third-order valence-electron chi connectivity index (χ3n) is 4.27. The third-order valence-corrected chi connectivity index (χ3v) is 5.33. The van der Waals surface area contributed by atoms with Crippen LogP contribution in [0.2, 0.25) is 0 Å². The molecule has 1 heterocycles. The number of thiazole rings is 1. The number of nitrogens with zero attached hydrogens (tertiary/aromatic N) is 2. The smallest absolute Gasteiger partial charge is 0.279 e. The number of carbonyl (C=O) groups excluding carboxylic acids is 1. The summed E-state index contributed by atoms with van der Waals surface area (Å²) in [5, 5.41) is 0. The minimum atomic E-state index is -0.210. The van der Waals surface area contributed by atoms with Crippen molar-refractivity contribution < 1.29 is 4.79 Å². The van der Waals surface area contributed by atoms with Crippen molar-refractivity contribution in [2.24, 2.45) is 4.99 Å². The molecule has 0 saturated carbocycles. The quantitative estimate of drug-likeness (QED) is 0.518. The first-order valence-corrected chi connectivity index (χ1v) is 9.30. The van der Waals surface area contributed by atoms with E-state index in [0.29, 0.717) is 12.1 Å². The molecule has 26 heavy (non-hydrogen) atoms. The summed E-state index contributed by atoms with van der Waals surface area (Å²) in [5.41, 5.74) is 4.01. The van der Waals surface area contributed by atoms with Crippen molar-refractivity contribution in [3.05, 3.63) is 100 Å². The van der Waals surface area contributed by atoms with Gasteiger partial charge in [-0.15, -0.1) is 0 Å². The van der Waals surface area contributed by atoms with E-state index in [4.69, 9.17) is 0 Å². The molecule has 0 fully saturated rings. The Balaban J connectivity index is 1.82. The molecule has 0 aliphatic heterocycles. The summed E-state index contributed by atoms with van der Waals surface area (Å²) in [4.78, 5) is 17.8. The molecule has 0 radical (unpaired) electrons. The number of fused-ring (bicyclic) bond motifs is 1. The average Bonchev–Trinajstić information content (AvgIpc) is 3.00. The number of aromatic nitrogens is 1. The minimum absolute atomic E-state index is 0.210. The second kappa shape index (κ2) is 7.10. The summed E-state index contributed by atoms with van der Waals surface area (Å²) in [6.07, 6.45) is 0. The lowest BCUT2D eigenvalue weighted by Gasteiger charge is -2.05. The molecule has 3 nitrogen and oxygen atoms in total. The summed E-state index contributed by atoms with van der Waals surface area (Å²) in [5.74, 6) is -0.210. The second-order valence-corrected chi connectivity index (χ2v) is 7.22. The van der Waals surface area contributed by atoms with Crippen molar-refractivity contribution in [1.29, 1.82) is 0 Å². The zero-order valence-corrected chi connectivity index (χ0v) is 15.2. The fourth-order valence-electron chi connectivity index (χ4n) is 2.87. The zero-order chi connectivity index (χ0) is 17.9. The van der Waals surface area contributed by atoms with Gasteiger partial charge in [0.05, 0.1) is 16.8 Å². The van der Waals surface area contributed by atoms with Crippen LogP contribution >= 0.6 is 11.3 Å². The first-order valence-electron chi connectivity index (χ1n) is 8.49. The van der Waals surface area contributed by atoms with Crippen LogP contribution in [0, 0.1) is 6.92 Å². The molecule has 0 unspecified atom stereocenters. The van der Waals surface area contributed by atoms with Gasteiger partial charge >= 0.3 is 0 Å². The highest BCUT2D eigenvalue weighted by Crippen LogP contribution is 2.18. The van der Waals surface area contributed by atoms with E-state index in [2.05, 4.69) is 33.8 Å². The molecule has 0 bridgehead atoms. The first kappa shape index (κ1) is 16.5. The number of carbonyl (C=O) groups is 1. The predicted molar refractivity (Wildman–Crippen MR) is 106 cm³/mol. The fourth-order valence-corrected chi connectivity index (χ4v) is 3.90. The molecular formula is C22H18N2OS. The van der Waals surface area contributed by atoms with E-state index < -0.39 is 0 Å². The van der Waals surface area contributed by atoms with Gasteiger partial charge in [-0.25, -0.2) is 0 Å². The summed E-state index contributed by atoms with van der Waals surface area (Å²) in [6.45, 7) is 2.69. The highest BCUT2D eigenvalue weighted by molar-refractivity contribution is 7.16. The molecule has 1 amide bonds. The van der Waals surface area contributed by atoms with Crippen LogP contribution in [0.4, 0.5) is 0 Å². The van der Waals surface area contributed by atoms with Gasteiger partial charge in [-0.05, 0) is 36.8 Å². The van der Waals surface area contributed by atoms with Crippen LogP contribution in [-0.4, -0.2) is 10.5 Å². The molecule has 3 aromatic carbocycles. The Bertz CT molecular complexity index is 1120. The van der Waals surface area contributed by atoms with Crippen LogP contribution in [0.15, 0.2) is 83.9 Å². The van der Waals surface area contributed by atoms with Gasteiger partial charge in [0.2, 0.25) is 0 Å². The summed E-state index contributed by atoms with van der Waals surface area (Å²) >= 11 is 1.54. The van der Waals surface area contributed by atoms with E-state index >= 15 is 0 Å². The van der Waals surface area contributed by atoms with E-state index in [1.165, 1.54) is 5.56 Å². The SMILES string of the molecule is Cc1ccc(C(=O)N=c2sc3ccccc3n2Cc2ccccc2)cc1. The fraction of sp³-hybridized carbons (Fsp3) is 0.0909. The Morgan fingerprint density at radius 1 is 0.923 bits per heavy atom. The van der Waals surface area contributed by atoms with Gasteiger partial charge in [-0.2, -0.15) is 4.99 Å². The lowest BCUT2D eigenvalue weighted by molar-refractivity contribution is 0.0998. The van der Waals surface area contributed by atoms with Gasteiger partial charge in [-0.1, -0.05) is 71.5 Å². The molecule has 0 aliphatic rings. The number of benzene rings is 3. The normalized spacial score (nSPS) is 11.8. The van der Waals surface area contributed by atoms with Crippen LogP contribution < -0.4 is 4.80 Å². The van der Waals surface area contributed by atoms with Crippen LogP contribution in [0.25, 0.3) is 10.2 Å². The summed E-state index contributed by atoms with van der Waals surface area (Å²) < 4.78 is 3.24. The van der Waals surface area contributed by atoms with Gasteiger partial charge in [0.1, 0.15) is 0 Å². The highest BCUT2D eigenvalue weighted by atomic mass is 32.1. The van der Waals surface area contributed by atoms with Crippen molar-refractivity contribution in [3.63, 3.8) is 0 Å². The van der Waals surface area contributed by atoms with E-state index in [1.807, 2.05) is 61.5 Å². The Morgan fingerprint density at radius 3 is 2.38 bits per heavy atom. The molecule has 4 heteroatoms. The van der Waals surface area contributed by atoms with Gasteiger partial charge in [0, 0.05) is 5.56 Å². The Morgan fingerprint density at radius 2 is 1.62 bits per heavy atom. The Hall–Kier alpha value is -2.98. The molecular weight excluding hydrogens is 340 g/mol. The van der Waals surface area contributed by atoms with Crippen LogP contribution in [0.5, 0.6) is 0 Å². The van der Waals surface area contributed by atoms with Crippen molar-refractivity contribution in [3.8, 4) is 0 Å². The summed E-state index contributed by atoms with van der Waals surface area (Å²) in [7, 11) is 0. The van der Waals surface area contributed by atoms with Crippen molar-refractivity contribution in [1.82, 2.24) is 4.57 Å². The monoisotopic (exact) mass is 358 g/mol. The van der Waals surface area contributed by atoms with Gasteiger partial charge in [0.15, 0.2) is 4.80 Å². The Kier molecular flexibility index (Phi) is 4.50. The maximum absolute atomic E-state index is 12.6. The maximum Gasteiger partial charge on any atom is 0.279 e. The van der Waals surface area contributed by atoms with Crippen molar-refractivity contribution in [2.75, 3.05) is 0 Å². The first-order chi connectivity index (χ1) is 12.7. The molecule has 0 atom stereocenters. The zero-order valence-electron chi connectivity index (χ0n) is 14.4. The van der Waals surface area contributed by atoms with E-state index in [0.717, 1.165) is 20.6 Å². The van der Waals surface area contributed by atoms with Crippen LogP contribution in [0.1, 0.15) is 21.5 Å². The lowest BCUT2D eigenvalue weighted by Crippen LogP contribution is -2.17. The number of rotatable bonds is 3. The number of hydrogen-bond donors (Lipinski definition) is 0. The molecule has 0 aliphatic carbocycles. The lowest BCUT2D eigenvalue weighted by atomic mass is 10.1. The number of hydrogen-bond acceptors (Lipinski definition) is 2. The van der Waals surface area contributed by atoms with Crippen LogP contribution in [-0.2, 0) is 6.54 Å². The van der Waals surface area contributed by atoms with Gasteiger partial charge in [0.25, 0.3) is 5.91 Å². The topological polar surface area (TPSA) is 34.4 Å².